The molecule has 0 heterocycles. The summed E-state index contributed by atoms with van der Waals surface area (Å²) >= 11 is 0. The first-order chi connectivity index (χ1) is 11.0. The van der Waals surface area contributed by atoms with E-state index >= 15 is 0 Å². The largest absolute Gasteiger partial charge is 0.390 e. The van der Waals surface area contributed by atoms with Crippen molar-refractivity contribution in [1.29, 1.82) is 0 Å². The van der Waals surface area contributed by atoms with Crippen LogP contribution in [0.25, 0.3) is 0 Å². The van der Waals surface area contributed by atoms with Gasteiger partial charge in [-0.3, -0.25) is 4.79 Å². The number of para-hydroxylation sites is 1. The molecule has 5 heteroatoms. The van der Waals surface area contributed by atoms with Gasteiger partial charge in [-0.15, -0.1) is 0 Å². The van der Waals surface area contributed by atoms with E-state index in [1.54, 1.807) is 18.2 Å². The lowest BCUT2D eigenvalue weighted by atomic mass is 9.51. The molecule has 2 atom stereocenters. The molecule has 4 aliphatic carbocycles. The SMILES string of the molecule is O=C(CNC12CC3CC(CC(O)(C3)C1)C2)Nc1ccccc1F. The van der Waals surface area contributed by atoms with Crippen LogP contribution < -0.4 is 10.6 Å². The van der Waals surface area contributed by atoms with E-state index in [4.69, 9.17) is 0 Å². The molecule has 0 radical (unpaired) electrons. The zero-order valence-corrected chi connectivity index (χ0v) is 13.1. The van der Waals surface area contributed by atoms with Crippen molar-refractivity contribution in [2.75, 3.05) is 11.9 Å². The molecule has 1 aromatic rings. The van der Waals surface area contributed by atoms with Crippen molar-refractivity contribution in [3.8, 4) is 0 Å². The second-order valence-electron chi connectivity index (χ2n) is 7.85. The Kier molecular flexibility index (Phi) is 3.46. The molecular weight excluding hydrogens is 295 g/mol. The smallest absolute Gasteiger partial charge is 0.238 e. The summed E-state index contributed by atoms with van der Waals surface area (Å²) in [4.78, 5) is 12.1. The zero-order chi connectivity index (χ0) is 16.1. The molecule has 0 aromatic heterocycles. The lowest BCUT2D eigenvalue weighted by Gasteiger charge is -2.60. The maximum atomic E-state index is 13.6. The van der Waals surface area contributed by atoms with Crippen molar-refractivity contribution in [2.45, 2.75) is 49.7 Å². The predicted molar refractivity (Wildman–Crippen MR) is 85.4 cm³/mol. The number of aliphatic hydroxyl groups is 1. The van der Waals surface area contributed by atoms with Crippen LogP contribution in [0.2, 0.25) is 0 Å². The minimum Gasteiger partial charge on any atom is -0.390 e. The van der Waals surface area contributed by atoms with Crippen LogP contribution in [-0.2, 0) is 4.79 Å². The molecule has 3 N–H and O–H groups in total. The van der Waals surface area contributed by atoms with E-state index in [0.717, 1.165) is 32.1 Å². The molecule has 1 aromatic carbocycles. The quantitative estimate of drug-likeness (QED) is 0.799. The van der Waals surface area contributed by atoms with Gasteiger partial charge in [-0.25, -0.2) is 4.39 Å². The highest BCUT2D eigenvalue weighted by Crippen LogP contribution is 2.57. The van der Waals surface area contributed by atoms with Gasteiger partial charge in [-0.1, -0.05) is 12.1 Å². The molecule has 4 fully saturated rings. The number of nitrogens with one attached hydrogen (secondary N) is 2. The average Bonchev–Trinajstić information content (AvgIpc) is 2.45. The fourth-order valence-electron chi connectivity index (χ4n) is 5.45. The normalized spacial score (nSPS) is 37.8. The molecule has 2 unspecified atom stereocenters. The number of rotatable bonds is 4. The molecule has 0 spiro atoms. The van der Waals surface area contributed by atoms with Gasteiger partial charge in [0.1, 0.15) is 5.82 Å². The Balaban J connectivity index is 1.39. The Morgan fingerprint density at radius 3 is 2.57 bits per heavy atom. The Morgan fingerprint density at radius 1 is 1.22 bits per heavy atom. The van der Waals surface area contributed by atoms with Crippen molar-refractivity contribution < 1.29 is 14.3 Å². The average molecular weight is 318 g/mol. The summed E-state index contributed by atoms with van der Waals surface area (Å²) in [5.74, 6) is 0.481. The maximum Gasteiger partial charge on any atom is 0.238 e. The van der Waals surface area contributed by atoms with Crippen LogP contribution in [0.1, 0.15) is 38.5 Å². The number of carbonyl (C=O) groups excluding carboxylic acids is 1. The van der Waals surface area contributed by atoms with Crippen molar-refractivity contribution >= 4 is 11.6 Å². The van der Waals surface area contributed by atoms with E-state index in [2.05, 4.69) is 10.6 Å². The number of anilines is 1. The summed E-state index contributed by atoms with van der Waals surface area (Å²) in [5.41, 5.74) is -0.451. The zero-order valence-electron chi connectivity index (χ0n) is 13.1. The fraction of sp³-hybridized carbons (Fsp3) is 0.611. The van der Waals surface area contributed by atoms with Gasteiger partial charge in [-0.05, 0) is 62.5 Å². The first kappa shape index (κ1) is 15.1. The van der Waals surface area contributed by atoms with Crippen LogP contribution in [0.5, 0.6) is 0 Å². The van der Waals surface area contributed by atoms with Crippen molar-refractivity contribution in [3.05, 3.63) is 30.1 Å². The number of hydrogen-bond acceptors (Lipinski definition) is 3. The van der Waals surface area contributed by atoms with E-state index < -0.39 is 11.4 Å². The lowest BCUT2D eigenvalue weighted by molar-refractivity contribution is -0.144. The van der Waals surface area contributed by atoms with Crippen LogP contribution in [0, 0.1) is 17.7 Å². The second kappa shape index (κ2) is 5.28. The molecule has 0 aliphatic heterocycles. The topological polar surface area (TPSA) is 61.4 Å². The van der Waals surface area contributed by atoms with Crippen LogP contribution in [0.4, 0.5) is 10.1 Å². The Morgan fingerprint density at radius 2 is 1.91 bits per heavy atom. The first-order valence-corrected chi connectivity index (χ1v) is 8.47. The van der Waals surface area contributed by atoms with E-state index in [1.165, 1.54) is 12.5 Å². The van der Waals surface area contributed by atoms with E-state index in [0.29, 0.717) is 11.8 Å². The van der Waals surface area contributed by atoms with Crippen LogP contribution in [0.3, 0.4) is 0 Å². The summed E-state index contributed by atoms with van der Waals surface area (Å²) < 4.78 is 13.6. The molecule has 4 saturated carbocycles. The Hall–Kier alpha value is -1.46. The Labute approximate surface area is 135 Å². The van der Waals surface area contributed by atoms with Gasteiger partial charge >= 0.3 is 0 Å². The Bertz CT molecular complexity index is 619. The maximum absolute atomic E-state index is 13.6. The minimum atomic E-state index is -0.543. The third kappa shape index (κ3) is 2.88. The molecule has 0 saturated heterocycles. The van der Waals surface area contributed by atoms with Gasteiger partial charge in [0.15, 0.2) is 0 Å². The standard InChI is InChI=1S/C18H23FN2O2/c19-14-3-1-2-4-15(14)21-16(22)10-20-17-6-12-5-13(7-17)9-18(23,8-12)11-17/h1-4,12-13,20,23H,5-11H2,(H,21,22). The fourth-order valence-corrected chi connectivity index (χ4v) is 5.45. The second-order valence-corrected chi connectivity index (χ2v) is 7.85. The lowest BCUT2D eigenvalue weighted by Crippen LogP contribution is -2.65. The summed E-state index contributed by atoms with van der Waals surface area (Å²) in [7, 11) is 0. The monoisotopic (exact) mass is 318 g/mol. The highest BCUT2D eigenvalue weighted by atomic mass is 19.1. The minimum absolute atomic E-state index is 0.120. The van der Waals surface area contributed by atoms with Crippen molar-refractivity contribution in [3.63, 3.8) is 0 Å². The van der Waals surface area contributed by atoms with Crippen LogP contribution in [-0.4, -0.2) is 28.7 Å². The van der Waals surface area contributed by atoms with Gasteiger partial charge in [-0.2, -0.15) is 0 Å². The molecule has 4 bridgehead atoms. The molecule has 4 nitrogen and oxygen atoms in total. The number of halogens is 1. The van der Waals surface area contributed by atoms with Gasteiger partial charge in [0.05, 0.1) is 17.8 Å². The van der Waals surface area contributed by atoms with Crippen molar-refractivity contribution in [1.82, 2.24) is 5.32 Å². The van der Waals surface area contributed by atoms with Crippen LogP contribution in [0.15, 0.2) is 24.3 Å². The highest BCUT2D eigenvalue weighted by Gasteiger charge is 2.56. The molecule has 5 rings (SSSR count). The van der Waals surface area contributed by atoms with Gasteiger partial charge in [0, 0.05) is 5.54 Å². The number of benzene rings is 1. The molecule has 4 aliphatic rings. The number of amides is 1. The molecule has 1 amide bonds. The molecule has 23 heavy (non-hydrogen) atoms. The number of carbonyl (C=O) groups is 1. The summed E-state index contributed by atoms with van der Waals surface area (Å²) in [6.45, 7) is 0.157. The van der Waals surface area contributed by atoms with Crippen LogP contribution >= 0.6 is 0 Å². The van der Waals surface area contributed by atoms with E-state index in [-0.39, 0.29) is 23.7 Å². The van der Waals surface area contributed by atoms with E-state index in [9.17, 15) is 14.3 Å². The summed E-state index contributed by atoms with van der Waals surface area (Å²) in [6, 6.07) is 6.18. The van der Waals surface area contributed by atoms with E-state index in [1.807, 2.05) is 0 Å². The summed E-state index contributed by atoms with van der Waals surface area (Å²) in [6.07, 6.45) is 5.85. The van der Waals surface area contributed by atoms with Gasteiger partial charge in [0.25, 0.3) is 0 Å². The predicted octanol–water partition coefficient (Wildman–Crippen LogP) is 2.44. The third-order valence-electron chi connectivity index (χ3n) is 5.80. The van der Waals surface area contributed by atoms with Gasteiger partial charge in [0.2, 0.25) is 5.91 Å². The highest BCUT2D eigenvalue weighted by molar-refractivity contribution is 5.92. The summed E-state index contributed by atoms with van der Waals surface area (Å²) in [5, 5.41) is 16.7. The van der Waals surface area contributed by atoms with Crippen molar-refractivity contribution in [2.24, 2.45) is 11.8 Å². The molecule has 124 valence electrons. The third-order valence-corrected chi connectivity index (χ3v) is 5.80. The number of hydrogen-bond donors (Lipinski definition) is 3. The molecular formula is C18H23FN2O2. The first-order valence-electron chi connectivity index (χ1n) is 8.47. The van der Waals surface area contributed by atoms with Gasteiger partial charge < -0.3 is 15.7 Å².